The van der Waals surface area contributed by atoms with Gasteiger partial charge in [0, 0.05) is 74.2 Å². The van der Waals surface area contributed by atoms with Crippen LogP contribution in [0.2, 0.25) is 0 Å². The van der Waals surface area contributed by atoms with E-state index < -0.39 is 5.91 Å². The molecule has 2 aromatic heterocycles. The van der Waals surface area contributed by atoms with Crippen LogP contribution in [-0.2, 0) is 18.3 Å². The number of nitrogens with one attached hydrogen (secondary N) is 4. The molecule has 3 amide bonds. The molecular formula is C32H37Cl2N7O4. The number of halogens is 2. The number of aromatic nitrogens is 1. The molecule has 0 bridgehead atoms. The van der Waals surface area contributed by atoms with E-state index in [-0.39, 0.29) is 36.4 Å². The first-order valence-electron chi connectivity index (χ1n) is 14.5. The monoisotopic (exact) mass is 653 g/mol. The maximum atomic E-state index is 13.0. The molecule has 0 saturated heterocycles. The zero-order valence-corrected chi connectivity index (χ0v) is 26.5. The van der Waals surface area contributed by atoms with Crippen LogP contribution < -0.4 is 26.6 Å². The second-order valence-corrected chi connectivity index (χ2v) is 11.3. The number of rotatable bonds is 16. The van der Waals surface area contributed by atoms with Gasteiger partial charge in [0.05, 0.1) is 11.5 Å². The van der Waals surface area contributed by atoms with Crippen molar-refractivity contribution >= 4 is 74.8 Å². The lowest BCUT2D eigenvalue weighted by molar-refractivity contribution is -0.116. The third-order valence-corrected chi connectivity index (χ3v) is 7.42. The number of amidine groups is 1. The SMILES string of the molecule is Cn1cc(NC(=O)CCCc2ccc(N(CCCl)CCCl)cc2)cc1C(=O)Nc1ccc2oc(C(=O)NCCC(=N)N)cc2c1. The predicted molar refractivity (Wildman–Crippen MR) is 180 cm³/mol. The van der Waals surface area contributed by atoms with Gasteiger partial charge in [0.1, 0.15) is 11.3 Å². The highest BCUT2D eigenvalue weighted by atomic mass is 35.5. The number of nitrogens with two attached hydrogens (primary N) is 1. The number of carbonyl (C=O) groups excluding carboxylic acids is 3. The van der Waals surface area contributed by atoms with Crippen LogP contribution in [0.3, 0.4) is 0 Å². The summed E-state index contributed by atoms with van der Waals surface area (Å²) in [4.78, 5) is 40.1. The molecule has 4 rings (SSSR count). The second kappa shape index (κ2) is 16.0. The largest absolute Gasteiger partial charge is 0.451 e. The summed E-state index contributed by atoms with van der Waals surface area (Å²) >= 11 is 11.8. The number of alkyl halides is 2. The van der Waals surface area contributed by atoms with E-state index >= 15 is 0 Å². The Kier molecular flexibility index (Phi) is 11.9. The highest BCUT2D eigenvalue weighted by Gasteiger charge is 2.16. The Balaban J connectivity index is 1.27. The third-order valence-electron chi connectivity index (χ3n) is 7.08. The van der Waals surface area contributed by atoms with Crippen LogP contribution in [0.15, 0.2) is 65.2 Å². The van der Waals surface area contributed by atoms with E-state index in [0.29, 0.717) is 52.6 Å². The first-order chi connectivity index (χ1) is 21.7. The lowest BCUT2D eigenvalue weighted by Crippen LogP contribution is -2.27. The van der Waals surface area contributed by atoms with E-state index in [9.17, 15) is 14.4 Å². The van der Waals surface area contributed by atoms with Gasteiger partial charge in [-0.3, -0.25) is 19.8 Å². The van der Waals surface area contributed by atoms with Crippen molar-refractivity contribution in [1.82, 2.24) is 9.88 Å². The average Bonchev–Trinajstić information content (AvgIpc) is 3.60. The number of carbonyl (C=O) groups is 3. The number of fused-ring (bicyclic) bond motifs is 1. The van der Waals surface area contributed by atoms with Crippen molar-refractivity contribution < 1.29 is 18.8 Å². The van der Waals surface area contributed by atoms with Crippen LogP contribution in [0.25, 0.3) is 11.0 Å². The summed E-state index contributed by atoms with van der Waals surface area (Å²) < 4.78 is 7.25. The number of hydrogen-bond donors (Lipinski definition) is 5. The molecule has 4 aromatic rings. The topological polar surface area (TPSA) is 158 Å². The zero-order valence-electron chi connectivity index (χ0n) is 25.0. The Labute approximate surface area is 271 Å². The summed E-state index contributed by atoms with van der Waals surface area (Å²) in [5, 5.41) is 16.3. The van der Waals surface area contributed by atoms with Gasteiger partial charge in [-0.1, -0.05) is 12.1 Å². The maximum Gasteiger partial charge on any atom is 0.287 e. The molecule has 0 unspecified atom stereocenters. The van der Waals surface area contributed by atoms with Crippen LogP contribution in [0.5, 0.6) is 0 Å². The molecule has 0 saturated carbocycles. The predicted octanol–water partition coefficient (Wildman–Crippen LogP) is 5.32. The number of furan rings is 1. The van der Waals surface area contributed by atoms with E-state index in [1.165, 1.54) is 0 Å². The molecule has 0 radical (unpaired) electrons. The lowest BCUT2D eigenvalue weighted by atomic mass is 10.1. The van der Waals surface area contributed by atoms with E-state index in [0.717, 1.165) is 30.8 Å². The molecule has 11 nitrogen and oxygen atoms in total. The Morgan fingerprint density at radius 2 is 1.67 bits per heavy atom. The molecule has 0 aliphatic heterocycles. The first kappa shape index (κ1) is 33.4. The maximum absolute atomic E-state index is 13.0. The van der Waals surface area contributed by atoms with E-state index in [4.69, 9.17) is 38.8 Å². The Hall–Kier alpha value is -4.48. The van der Waals surface area contributed by atoms with E-state index in [1.807, 2.05) is 0 Å². The van der Waals surface area contributed by atoms with Crippen molar-refractivity contribution in [3.8, 4) is 0 Å². The number of amides is 3. The van der Waals surface area contributed by atoms with E-state index in [2.05, 4.69) is 45.1 Å². The lowest BCUT2D eigenvalue weighted by Gasteiger charge is -2.23. The fraction of sp³-hybridized carbons (Fsp3) is 0.312. The summed E-state index contributed by atoms with van der Waals surface area (Å²) in [6.07, 6.45) is 3.71. The third kappa shape index (κ3) is 9.50. The number of nitrogens with zero attached hydrogens (tertiary/aromatic N) is 2. The molecular weight excluding hydrogens is 617 g/mol. The van der Waals surface area contributed by atoms with Crippen molar-refractivity contribution in [3.63, 3.8) is 0 Å². The van der Waals surface area contributed by atoms with Crippen LogP contribution >= 0.6 is 23.2 Å². The molecule has 13 heteroatoms. The molecule has 6 N–H and O–H groups in total. The summed E-state index contributed by atoms with van der Waals surface area (Å²) in [5.74, 6) is 0.241. The van der Waals surface area contributed by atoms with Gasteiger partial charge in [0.25, 0.3) is 11.8 Å². The Morgan fingerprint density at radius 3 is 2.36 bits per heavy atom. The van der Waals surface area contributed by atoms with Crippen LogP contribution in [-0.4, -0.2) is 59.5 Å². The minimum atomic E-state index is -0.418. The highest BCUT2D eigenvalue weighted by Crippen LogP contribution is 2.24. The van der Waals surface area contributed by atoms with Gasteiger partial charge in [-0.15, -0.1) is 23.2 Å². The van der Waals surface area contributed by atoms with Gasteiger partial charge >= 0.3 is 0 Å². The highest BCUT2D eigenvalue weighted by molar-refractivity contribution is 6.18. The van der Waals surface area contributed by atoms with Crippen LogP contribution in [0.1, 0.15) is 45.9 Å². The molecule has 2 heterocycles. The Morgan fingerprint density at radius 1 is 0.933 bits per heavy atom. The quantitative estimate of drug-likeness (QED) is 0.0625. The van der Waals surface area contributed by atoms with Crippen molar-refractivity contribution in [3.05, 3.63) is 77.8 Å². The number of anilines is 3. The van der Waals surface area contributed by atoms with Crippen molar-refractivity contribution in [2.75, 3.05) is 46.9 Å². The van der Waals surface area contributed by atoms with Gasteiger partial charge in [0.2, 0.25) is 5.91 Å². The average molecular weight is 655 g/mol. The molecule has 0 spiro atoms. The summed E-state index contributed by atoms with van der Waals surface area (Å²) in [6.45, 7) is 1.68. The van der Waals surface area contributed by atoms with E-state index in [1.54, 1.807) is 48.1 Å². The summed E-state index contributed by atoms with van der Waals surface area (Å²) in [5.41, 5.74) is 9.42. The van der Waals surface area contributed by atoms with Gasteiger partial charge in [-0.25, -0.2) is 0 Å². The van der Waals surface area contributed by atoms with Gasteiger partial charge < -0.3 is 35.6 Å². The van der Waals surface area contributed by atoms with Crippen molar-refractivity contribution in [1.29, 1.82) is 5.41 Å². The number of hydrogen-bond acceptors (Lipinski definition) is 6. The standard InChI is InChI=1S/C32H37Cl2N7O4/c1-40-20-24(38-30(42)4-2-3-21-5-8-25(9-6-21)41(15-12-33)16-13-34)19-26(40)31(43)39-23-7-10-27-22(17-23)18-28(45-27)32(44)37-14-11-29(35)36/h5-10,17-20H,2-4,11-16H2,1H3,(H3,35,36)(H,37,44)(H,38,42)(H,39,43). The summed E-state index contributed by atoms with van der Waals surface area (Å²) in [6, 6.07) is 16.5. The minimum Gasteiger partial charge on any atom is -0.451 e. The van der Waals surface area contributed by atoms with Crippen LogP contribution in [0.4, 0.5) is 17.1 Å². The Bertz CT molecular complexity index is 1640. The zero-order chi connectivity index (χ0) is 32.3. The normalized spacial score (nSPS) is 10.9. The smallest absolute Gasteiger partial charge is 0.287 e. The molecule has 0 aliphatic carbocycles. The first-order valence-corrected chi connectivity index (χ1v) is 15.6. The number of aryl methyl sites for hydroxylation is 2. The molecule has 0 aliphatic rings. The van der Waals surface area contributed by atoms with Crippen LogP contribution in [0, 0.1) is 5.41 Å². The summed E-state index contributed by atoms with van der Waals surface area (Å²) in [7, 11) is 1.73. The van der Waals surface area contributed by atoms with Gasteiger partial charge in [0.15, 0.2) is 5.76 Å². The molecule has 45 heavy (non-hydrogen) atoms. The molecule has 0 atom stereocenters. The number of benzene rings is 2. The minimum absolute atomic E-state index is 0.0174. The van der Waals surface area contributed by atoms with Gasteiger partial charge in [-0.05, 0) is 60.9 Å². The fourth-order valence-electron chi connectivity index (χ4n) is 4.81. The second-order valence-electron chi connectivity index (χ2n) is 10.5. The molecule has 2 aromatic carbocycles. The fourth-order valence-corrected chi connectivity index (χ4v) is 5.22. The molecule has 0 fully saturated rings. The van der Waals surface area contributed by atoms with Crippen molar-refractivity contribution in [2.45, 2.75) is 25.7 Å². The van der Waals surface area contributed by atoms with Crippen molar-refractivity contribution in [2.24, 2.45) is 12.8 Å². The van der Waals surface area contributed by atoms with Gasteiger partial charge in [-0.2, -0.15) is 0 Å². The molecule has 238 valence electrons.